The van der Waals surface area contributed by atoms with Gasteiger partial charge in [-0.3, -0.25) is 14.4 Å². The van der Waals surface area contributed by atoms with Gasteiger partial charge >= 0.3 is 0 Å². The molecule has 6 aromatic rings. The number of aromatic amines is 1. The maximum atomic E-state index is 11.4. The molecule has 0 atom stereocenters. The minimum absolute atomic E-state index is 0.258. The van der Waals surface area contributed by atoms with Crippen molar-refractivity contribution in [2.24, 2.45) is 0 Å². The van der Waals surface area contributed by atoms with Crippen LogP contribution in [-0.4, -0.2) is 80.7 Å². The number of carbonyl (C=O) groups excluding carboxylic acids is 2. The fourth-order valence-electron chi connectivity index (χ4n) is 4.97. The summed E-state index contributed by atoms with van der Waals surface area (Å²) in [6.07, 6.45) is 19.1. The Balaban J connectivity index is 0.000000197. The highest BCUT2D eigenvalue weighted by molar-refractivity contribution is 9.09. The molecule has 13 heteroatoms. The molecule has 0 saturated carbocycles. The Morgan fingerprint density at radius 3 is 1.86 bits per heavy atom. The van der Waals surface area contributed by atoms with Gasteiger partial charge in [0.2, 0.25) is 11.4 Å². The summed E-state index contributed by atoms with van der Waals surface area (Å²) in [5.74, 6) is 0.438. The van der Waals surface area contributed by atoms with Gasteiger partial charge < -0.3 is 28.0 Å². The van der Waals surface area contributed by atoms with Crippen molar-refractivity contribution in [1.29, 1.82) is 0 Å². The van der Waals surface area contributed by atoms with E-state index in [0.29, 0.717) is 43.1 Å². The number of H-pyrrole nitrogens is 1. The molecule has 0 radical (unpaired) electrons. The molecule has 0 bridgehead atoms. The van der Waals surface area contributed by atoms with E-state index in [1.165, 1.54) is 6.07 Å². The van der Waals surface area contributed by atoms with E-state index in [2.05, 4.69) is 46.7 Å². The summed E-state index contributed by atoms with van der Waals surface area (Å²) < 4.78 is 19.0. The second kappa shape index (κ2) is 19.7. The van der Waals surface area contributed by atoms with Crippen LogP contribution in [0.1, 0.15) is 43.0 Å². The van der Waals surface area contributed by atoms with Gasteiger partial charge in [-0.1, -0.05) is 28.1 Å². The topological polar surface area (TPSA) is 142 Å². The fraction of sp³-hybridized carbons (Fsp3) is 0.278. The SMILES string of the molecule is COCCBr.COCCOc1cc(C=O)c(CCc2cccn3ccnc23)cn1.O=Cc1cc(=O)[nH]cc1CCc1cccn2ccnc12. The molecule has 0 saturated heterocycles. The average Bonchev–Trinajstić information content (AvgIpc) is 3.82. The number of rotatable bonds is 14. The number of pyridine rings is 4. The van der Waals surface area contributed by atoms with Crippen LogP contribution in [0.2, 0.25) is 0 Å². The van der Waals surface area contributed by atoms with E-state index in [1.54, 1.807) is 45.1 Å². The molecule has 6 rings (SSSR count). The van der Waals surface area contributed by atoms with Crippen molar-refractivity contribution in [3.05, 3.63) is 130 Å². The smallest absolute Gasteiger partial charge is 0.248 e. The van der Waals surface area contributed by atoms with Gasteiger partial charge in [0.15, 0.2) is 12.6 Å². The maximum Gasteiger partial charge on any atom is 0.248 e. The number of nitrogens with zero attached hydrogens (tertiary/aromatic N) is 5. The van der Waals surface area contributed by atoms with Gasteiger partial charge in [0.1, 0.15) is 17.9 Å². The molecule has 12 nitrogen and oxygen atoms in total. The summed E-state index contributed by atoms with van der Waals surface area (Å²) in [6.45, 7) is 1.69. The van der Waals surface area contributed by atoms with Crippen molar-refractivity contribution in [3.63, 3.8) is 0 Å². The quantitative estimate of drug-likeness (QED) is 0.0931. The molecule has 49 heavy (non-hydrogen) atoms. The predicted octanol–water partition coefficient (Wildman–Crippen LogP) is 5.00. The zero-order valence-electron chi connectivity index (χ0n) is 27.5. The molecule has 0 aliphatic carbocycles. The zero-order valence-corrected chi connectivity index (χ0v) is 29.0. The summed E-state index contributed by atoms with van der Waals surface area (Å²) in [5.41, 5.74) is 6.65. The van der Waals surface area contributed by atoms with Crippen LogP contribution in [0.4, 0.5) is 0 Å². The molecule has 0 fully saturated rings. The normalized spacial score (nSPS) is 10.6. The molecule has 0 aliphatic heterocycles. The minimum Gasteiger partial charge on any atom is -0.475 e. The lowest BCUT2D eigenvalue weighted by Crippen LogP contribution is -2.08. The second-order valence-electron chi connectivity index (χ2n) is 10.6. The standard InChI is InChI=1S/C18H19N3O3.C15H13N3O2.C3H7BrO/c1-23-9-10-24-17-11-16(13-22)15(12-20-17)5-4-14-3-2-7-21-8-6-19-18(14)21;19-10-13-8-14(20)17-9-12(13)4-3-11-2-1-6-18-7-5-16-15(11)18;1-5-3-2-4/h2-3,6-8,11-13H,4-5,9-10H2,1H3;1-2,5-10H,3-4H2,(H,17,20);2-3H2,1H3. The number of halogens is 1. The summed E-state index contributed by atoms with van der Waals surface area (Å²) in [7, 11) is 3.29. The van der Waals surface area contributed by atoms with Gasteiger partial charge in [0.25, 0.3) is 0 Å². The summed E-state index contributed by atoms with van der Waals surface area (Å²) in [4.78, 5) is 49.1. The van der Waals surface area contributed by atoms with Crippen LogP contribution in [-0.2, 0) is 35.2 Å². The van der Waals surface area contributed by atoms with Crippen LogP contribution < -0.4 is 10.3 Å². The van der Waals surface area contributed by atoms with Crippen molar-refractivity contribution >= 4 is 39.8 Å². The van der Waals surface area contributed by atoms with E-state index in [-0.39, 0.29) is 5.56 Å². The van der Waals surface area contributed by atoms with Crippen LogP contribution >= 0.6 is 15.9 Å². The first kappa shape index (κ1) is 36.8. The van der Waals surface area contributed by atoms with Crippen molar-refractivity contribution in [3.8, 4) is 5.88 Å². The zero-order chi connectivity index (χ0) is 34.8. The lowest BCUT2D eigenvalue weighted by Gasteiger charge is -2.09. The Morgan fingerprint density at radius 1 is 0.735 bits per heavy atom. The van der Waals surface area contributed by atoms with Gasteiger partial charge in [-0.25, -0.2) is 15.0 Å². The molecule has 0 amide bonds. The largest absolute Gasteiger partial charge is 0.475 e. The Hall–Kier alpha value is -4.98. The number of fused-ring (bicyclic) bond motifs is 2. The van der Waals surface area contributed by atoms with Crippen LogP contribution in [0.3, 0.4) is 0 Å². The first-order valence-electron chi connectivity index (χ1n) is 15.6. The van der Waals surface area contributed by atoms with Gasteiger partial charge in [0.05, 0.1) is 13.2 Å². The van der Waals surface area contributed by atoms with Crippen LogP contribution in [0.5, 0.6) is 5.88 Å². The molecule has 0 aromatic carbocycles. The lowest BCUT2D eigenvalue weighted by atomic mass is 10.0. The molecule has 6 aromatic heterocycles. The van der Waals surface area contributed by atoms with Crippen molar-refractivity contribution in [2.75, 3.05) is 39.4 Å². The van der Waals surface area contributed by atoms with Crippen LogP contribution in [0, 0.1) is 0 Å². The number of hydrogen-bond donors (Lipinski definition) is 1. The number of methoxy groups -OCH3 is 2. The molecule has 6 heterocycles. The average molecular weight is 732 g/mol. The third-order valence-electron chi connectivity index (χ3n) is 7.44. The first-order chi connectivity index (χ1) is 24.0. The Morgan fingerprint density at radius 2 is 1.31 bits per heavy atom. The fourth-order valence-corrected chi connectivity index (χ4v) is 5.30. The maximum absolute atomic E-state index is 11.4. The first-order valence-corrected chi connectivity index (χ1v) is 16.7. The Bertz CT molecular complexity index is 1990. The highest BCUT2D eigenvalue weighted by Gasteiger charge is 2.09. The van der Waals surface area contributed by atoms with E-state index in [1.807, 2.05) is 51.8 Å². The predicted molar refractivity (Wildman–Crippen MR) is 190 cm³/mol. The summed E-state index contributed by atoms with van der Waals surface area (Å²) in [6, 6.07) is 11.0. The third kappa shape index (κ3) is 10.8. The number of nitrogens with one attached hydrogen (secondary N) is 1. The number of ether oxygens (including phenoxy) is 3. The summed E-state index contributed by atoms with van der Waals surface area (Å²) in [5, 5.41) is 0.934. The number of carbonyl (C=O) groups is 2. The number of hydrogen-bond acceptors (Lipinski definition) is 9. The van der Waals surface area contributed by atoms with E-state index in [9.17, 15) is 14.4 Å². The molecule has 0 spiro atoms. The summed E-state index contributed by atoms with van der Waals surface area (Å²) >= 11 is 3.18. The van der Waals surface area contributed by atoms with E-state index < -0.39 is 0 Å². The van der Waals surface area contributed by atoms with Gasteiger partial charge in [0, 0.05) is 92.4 Å². The van der Waals surface area contributed by atoms with Crippen molar-refractivity contribution < 1.29 is 23.8 Å². The lowest BCUT2D eigenvalue weighted by molar-refractivity contribution is 0.111. The van der Waals surface area contributed by atoms with Crippen molar-refractivity contribution in [1.82, 2.24) is 28.7 Å². The monoisotopic (exact) mass is 730 g/mol. The minimum atomic E-state index is -0.258. The van der Waals surface area contributed by atoms with E-state index >= 15 is 0 Å². The Kier molecular flexibility index (Phi) is 14.9. The number of alkyl halides is 1. The third-order valence-corrected chi connectivity index (χ3v) is 7.77. The molecule has 1 N–H and O–H groups in total. The number of aromatic nitrogens is 6. The highest BCUT2D eigenvalue weighted by Crippen LogP contribution is 2.18. The molecule has 0 aliphatic rings. The molecular formula is C36H39BrN6O6. The number of imidazole rings is 2. The Labute approximate surface area is 292 Å². The molecule has 0 unspecified atom stereocenters. The number of aldehydes is 2. The van der Waals surface area contributed by atoms with E-state index in [0.717, 1.165) is 70.9 Å². The van der Waals surface area contributed by atoms with Gasteiger partial charge in [-0.15, -0.1) is 0 Å². The van der Waals surface area contributed by atoms with Crippen LogP contribution in [0.15, 0.2) is 90.8 Å². The van der Waals surface area contributed by atoms with Gasteiger partial charge in [-0.05, 0) is 60.1 Å². The van der Waals surface area contributed by atoms with E-state index in [4.69, 9.17) is 9.47 Å². The number of aryl methyl sites for hydroxylation is 4. The molecule has 256 valence electrons. The van der Waals surface area contributed by atoms with Gasteiger partial charge in [-0.2, -0.15) is 0 Å². The van der Waals surface area contributed by atoms with Crippen LogP contribution in [0.25, 0.3) is 11.3 Å². The highest BCUT2D eigenvalue weighted by atomic mass is 79.9. The second-order valence-corrected chi connectivity index (χ2v) is 11.4. The van der Waals surface area contributed by atoms with Crippen molar-refractivity contribution in [2.45, 2.75) is 25.7 Å². The molecular weight excluding hydrogens is 692 g/mol.